The molecule has 0 radical (unpaired) electrons. The number of nitrogens with one attached hydrogen (secondary N) is 2. The van der Waals surface area contributed by atoms with Crippen molar-refractivity contribution >= 4 is 23.2 Å². The van der Waals surface area contributed by atoms with Crippen molar-refractivity contribution in [2.75, 3.05) is 26.2 Å². The Kier molecular flexibility index (Phi) is 11.5. The first-order valence-electron chi connectivity index (χ1n) is 16.9. The van der Waals surface area contributed by atoms with E-state index in [1.165, 1.54) is 0 Å². The van der Waals surface area contributed by atoms with Gasteiger partial charge in [-0.1, -0.05) is 68.4 Å². The van der Waals surface area contributed by atoms with Crippen LogP contribution in [0.15, 0.2) is 60.0 Å². The normalized spacial score (nSPS) is 21.7. The number of aromatic nitrogens is 1. The van der Waals surface area contributed by atoms with Crippen molar-refractivity contribution in [3.63, 3.8) is 0 Å². The summed E-state index contributed by atoms with van der Waals surface area (Å²) in [5.74, 6) is -0.396. The molecule has 2 heterocycles. The van der Waals surface area contributed by atoms with Crippen LogP contribution in [0.25, 0.3) is 0 Å². The molecule has 1 saturated heterocycles. The summed E-state index contributed by atoms with van der Waals surface area (Å²) in [6, 6.07) is 16.7. The summed E-state index contributed by atoms with van der Waals surface area (Å²) in [6.45, 7) is 13.0. The number of benzene rings is 2. The fourth-order valence-electron chi connectivity index (χ4n) is 6.70. The predicted octanol–water partition coefficient (Wildman–Crippen LogP) is 4.05. The van der Waals surface area contributed by atoms with Gasteiger partial charge in [-0.05, 0) is 50.3 Å². The fourth-order valence-corrected chi connectivity index (χ4v) is 7.53. The Labute approximate surface area is 283 Å². The molecule has 5 rings (SSSR count). The summed E-state index contributed by atoms with van der Waals surface area (Å²) >= 11 is 1.68. The van der Waals surface area contributed by atoms with Crippen LogP contribution in [0.1, 0.15) is 80.4 Å². The van der Waals surface area contributed by atoms with Crippen LogP contribution in [0.4, 0.5) is 0 Å². The highest BCUT2D eigenvalue weighted by Gasteiger charge is 2.37. The number of thiazole rings is 1. The third kappa shape index (κ3) is 9.48. The van der Waals surface area contributed by atoms with E-state index < -0.39 is 35.7 Å². The van der Waals surface area contributed by atoms with Crippen LogP contribution in [0, 0.1) is 5.92 Å². The van der Waals surface area contributed by atoms with Crippen LogP contribution in [-0.2, 0) is 29.0 Å². The summed E-state index contributed by atoms with van der Waals surface area (Å²) in [5, 5.41) is 31.8. The van der Waals surface area contributed by atoms with Crippen molar-refractivity contribution in [2.24, 2.45) is 5.92 Å². The standard InChI is InChI=1S/C37H51N5O4S/c1-24(2)36-38-28(23-47-36)20-41-15-16-42(31(22-41)35(46)40-37(3,4)5)21-29(43)18-27(17-25-11-7-6-8-12-25)34(45)39-33-30-14-10-9-13-26(30)19-32(33)44/h6-14,23-24,27,29,31-33,43-44H,15-22H2,1-5H3,(H,39,45)(H,40,46)/t27-,29+,31+,32-,33+/m1/s1. The molecule has 1 fully saturated rings. The van der Waals surface area contributed by atoms with E-state index in [9.17, 15) is 19.8 Å². The lowest BCUT2D eigenvalue weighted by molar-refractivity contribution is -0.132. The maximum atomic E-state index is 13.9. The summed E-state index contributed by atoms with van der Waals surface area (Å²) in [5.41, 5.74) is 3.61. The number of nitrogens with zero attached hydrogens (tertiary/aromatic N) is 3. The van der Waals surface area contributed by atoms with E-state index >= 15 is 0 Å². The minimum Gasteiger partial charge on any atom is -0.392 e. The first-order valence-corrected chi connectivity index (χ1v) is 17.7. The maximum Gasteiger partial charge on any atom is 0.239 e. The molecule has 47 heavy (non-hydrogen) atoms. The monoisotopic (exact) mass is 661 g/mol. The molecule has 2 aromatic carbocycles. The highest BCUT2D eigenvalue weighted by molar-refractivity contribution is 7.09. The van der Waals surface area contributed by atoms with Gasteiger partial charge in [-0.2, -0.15) is 0 Å². The Morgan fingerprint density at radius 2 is 1.79 bits per heavy atom. The molecule has 2 amide bonds. The van der Waals surface area contributed by atoms with E-state index in [1.807, 2.05) is 75.4 Å². The number of β-amino-alcohol motifs (C(OH)–C–C–N with tert-alkyl or cyclic N) is 1. The number of amides is 2. The average Bonchev–Trinajstić information content (AvgIpc) is 3.61. The van der Waals surface area contributed by atoms with Gasteiger partial charge in [0, 0.05) is 61.9 Å². The van der Waals surface area contributed by atoms with E-state index in [-0.39, 0.29) is 24.8 Å². The number of hydrogen-bond donors (Lipinski definition) is 4. The van der Waals surface area contributed by atoms with E-state index in [0.29, 0.717) is 38.4 Å². The number of piperazine rings is 1. The van der Waals surface area contributed by atoms with E-state index in [4.69, 9.17) is 4.98 Å². The van der Waals surface area contributed by atoms with Gasteiger partial charge in [0.2, 0.25) is 11.8 Å². The highest BCUT2D eigenvalue weighted by Crippen LogP contribution is 2.32. The number of fused-ring (bicyclic) bond motifs is 1. The Balaban J connectivity index is 1.28. The van der Waals surface area contributed by atoms with Gasteiger partial charge in [0.1, 0.15) is 6.04 Å². The second-order valence-electron chi connectivity index (χ2n) is 14.5. The number of rotatable bonds is 12. The van der Waals surface area contributed by atoms with Crippen molar-refractivity contribution in [1.29, 1.82) is 0 Å². The zero-order valence-corrected chi connectivity index (χ0v) is 29.2. The van der Waals surface area contributed by atoms with Crippen molar-refractivity contribution < 1.29 is 19.8 Å². The molecule has 1 aliphatic heterocycles. The Hall–Kier alpha value is -3.15. The number of aliphatic hydroxyl groups excluding tert-OH is 2. The molecule has 2 aliphatic rings. The second kappa shape index (κ2) is 15.4. The largest absolute Gasteiger partial charge is 0.392 e. The molecule has 0 spiro atoms. The zero-order valence-electron chi connectivity index (χ0n) is 28.4. The molecule has 1 aromatic heterocycles. The summed E-state index contributed by atoms with van der Waals surface area (Å²) < 4.78 is 0. The van der Waals surface area contributed by atoms with Gasteiger partial charge in [-0.25, -0.2) is 4.98 Å². The van der Waals surface area contributed by atoms with Crippen LogP contribution in [0.2, 0.25) is 0 Å². The van der Waals surface area contributed by atoms with Crippen molar-refractivity contribution in [3.8, 4) is 0 Å². The molecule has 3 aromatic rings. The first-order chi connectivity index (χ1) is 22.4. The van der Waals surface area contributed by atoms with E-state index in [0.717, 1.165) is 33.9 Å². The van der Waals surface area contributed by atoms with Crippen molar-refractivity contribution in [2.45, 2.75) is 96.2 Å². The summed E-state index contributed by atoms with van der Waals surface area (Å²) in [4.78, 5) is 36.6. The lowest BCUT2D eigenvalue weighted by atomic mass is 9.91. The van der Waals surface area contributed by atoms with Crippen LogP contribution in [0.5, 0.6) is 0 Å². The van der Waals surface area contributed by atoms with Gasteiger partial charge < -0.3 is 20.8 Å². The first kappa shape index (κ1) is 35.2. The number of hydrogen-bond acceptors (Lipinski definition) is 8. The van der Waals surface area contributed by atoms with Gasteiger partial charge in [-0.3, -0.25) is 19.4 Å². The fraction of sp³-hybridized carbons (Fsp3) is 0.541. The topological polar surface area (TPSA) is 118 Å². The van der Waals surface area contributed by atoms with Gasteiger partial charge >= 0.3 is 0 Å². The Bertz CT molecular complexity index is 1490. The SMILES string of the molecule is CC(C)c1nc(CN2CCN(C[C@@H](O)C[C@@H](Cc3ccccc3)C(=O)N[C@H]3c4ccccc4C[C@H]3O)[C@H](C(=O)NC(C)(C)C)C2)cs1. The van der Waals surface area contributed by atoms with E-state index in [2.05, 4.69) is 39.7 Å². The molecule has 9 nitrogen and oxygen atoms in total. The average molecular weight is 662 g/mol. The molecule has 0 unspecified atom stereocenters. The quantitative estimate of drug-likeness (QED) is 0.231. The van der Waals surface area contributed by atoms with Crippen LogP contribution < -0.4 is 10.6 Å². The lowest BCUT2D eigenvalue weighted by Gasteiger charge is -2.42. The summed E-state index contributed by atoms with van der Waals surface area (Å²) in [6.07, 6.45) is -0.340. The third-order valence-corrected chi connectivity index (χ3v) is 10.2. The zero-order chi connectivity index (χ0) is 33.7. The van der Waals surface area contributed by atoms with E-state index in [1.54, 1.807) is 11.3 Å². The van der Waals surface area contributed by atoms with Crippen molar-refractivity contribution in [3.05, 3.63) is 87.4 Å². The molecule has 4 N–H and O–H groups in total. The molecule has 5 atom stereocenters. The molecule has 10 heteroatoms. The molecule has 254 valence electrons. The van der Waals surface area contributed by atoms with Gasteiger partial charge in [0.25, 0.3) is 0 Å². The molecule has 0 bridgehead atoms. The minimum absolute atomic E-state index is 0.0667. The molecular formula is C37H51N5O4S. The molecular weight excluding hydrogens is 611 g/mol. The Morgan fingerprint density at radius 1 is 1.06 bits per heavy atom. The Morgan fingerprint density at radius 3 is 2.49 bits per heavy atom. The van der Waals surface area contributed by atoms with Crippen LogP contribution >= 0.6 is 11.3 Å². The second-order valence-corrected chi connectivity index (χ2v) is 15.4. The summed E-state index contributed by atoms with van der Waals surface area (Å²) in [7, 11) is 0. The molecule has 1 aliphatic carbocycles. The number of aliphatic hydroxyl groups is 2. The smallest absolute Gasteiger partial charge is 0.239 e. The predicted molar refractivity (Wildman–Crippen MR) is 186 cm³/mol. The molecule has 0 saturated carbocycles. The number of carbonyl (C=O) groups excluding carboxylic acids is 2. The minimum atomic E-state index is -0.834. The van der Waals surface area contributed by atoms with Crippen molar-refractivity contribution in [1.82, 2.24) is 25.4 Å². The maximum absolute atomic E-state index is 13.9. The van der Waals surface area contributed by atoms with Crippen LogP contribution in [0.3, 0.4) is 0 Å². The third-order valence-electron chi connectivity index (χ3n) is 9.02. The lowest BCUT2D eigenvalue weighted by Crippen LogP contribution is -2.62. The van der Waals surface area contributed by atoms with Gasteiger partial charge in [0.15, 0.2) is 0 Å². The van der Waals surface area contributed by atoms with Crippen LogP contribution in [-0.4, -0.2) is 86.8 Å². The number of carbonyl (C=O) groups is 2. The van der Waals surface area contributed by atoms with Gasteiger partial charge in [-0.15, -0.1) is 11.3 Å². The highest BCUT2D eigenvalue weighted by atomic mass is 32.1. The van der Waals surface area contributed by atoms with Gasteiger partial charge in [0.05, 0.1) is 29.0 Å².